The minimum atomic E-state index is -4.99. The number of sulfone groups is 1. The van der Waals surface area contributed by atoms with E-state index in [1.165, 1.54) is 36.3 Å². The number of hydrogen-bond donors (Lipinski definition) is 1. The molecule has 0 amide bonds. The van der Waals surface area contributed by atoms with E-state index in [1.807, 2.05) is 0 Å². The van der Waals surface area contributed by atoms with Crippen LogP contribution in [0.4, 0.5) is 18.9 Å². The summed E-state index contributed by atoms with van der Waals surface area (Å²) >= 11 is 0. The number of halogens is 3. The Labute approximate surface area is 172 Å². The highest BCUT2D eigenvalue weighted by Crippen LogP contribution is 2.40. The van der Waals surface area contributed by atoms with Gasteiger partial charge in [0.05, 0.1) is 18.6 Å². The molecule has 0 fully saturated rings. The third-order valence-electron chi connectivity index (χ3n) is 4.88. The predicted molar refractivity (Wildman–Crippen MR) is 107 cm³/mol. The zero-order valence-electron chi connectivity index (χ0n) is 16.8. The summed E-state index contributed by atoms with van der Waals surface area (Å²) < 4.78 is 69.3. The molecular formula is C20H21F3N2O4S. The molecule has 10 heteroatoms. The number of β-amino-alcohol motifs (C(OH)–C–C–N with tert-alkyl or cyclic N) is 1. The number of benzene rings is 2. The Kier molecular flexibility index (Phi) is 5.36. The molecule has 1 N–H and O–H groups in total. The van der Waals surface area contributed by atoms with E-state index in [4.69, 9.17) is 4.74 Å². The fourth-order valence-electron chi connectivity index (χ4n) is 3.41. The number of nitrogens with zero attached hydrogens (tertiary/aromatic N) is 2. The number of methoxy groups -OCH3 is 1. The number of aliphatic imine (C=N–C) groups is 1. The van der Waals surface area contributed by atoms with Crippen molar-refractivity contribution in [2.75, 3.05) is 24.8 Å². The molecule has 3 rings (SSSR count). The van der Waals surface area contributed by atoms with Gasteiger partial charge >= 0.3 is 6.18 Å². The lowest BCUT2D eigenvalue weighted by Crippen LogP contribution is -2.47. The lowest BCUT2D eigenvalue weighted by Gasteiger charge is -2.26. The molecule has 2 aromatic carbocycles. The molecule has 1 atom stereocenters. The molecule has 0 aliphatic carbocycles. The van der Waals surface area contributed by atoms with E-state index in [0.717, 1.165) is 6.26 Å². The van der Waals surface area contributed by atoms with Gasteiger partial charge in [0.15, 0.2) is 9.84 Å². The Balaban J connectivity index is 2.14. The summed E-state index contributed by atoms with van der Waals surface area (Å²) in [6, 6.07) is 8.62. The Morgan fingerprint density at radius 2 is 1.67 bits per heavy atom. The van der Waals surface area contributed by atoms with Crippen molar-refractivity contribution < 1.29 is 31.4 Å². The van der Waals surface area contributed by atoms with Gasteiger partial charge in [-0.05, 0) is 61.4 Å². The average molecular weight is 442 g/mol. The molecular weight excluding hydrogens is 421 g/mol. The number of aliphatic hydroxyl groups is 1. The van der Waals surface area contributed by atoms with Crippen LogP contribution in [0.1, 0.15) is 16.7 Å². The average Bonchev–Trinajstić information content (AvgIpc) is 3.00. The molecule has 0 spiro atoms. The first kappa shape index (κ1) is 22.1. The van der Waals surface area contributed by atoms with Gasteiger partial charge in [-0.1, -0.05) is 0 Å². The van der Waals surface area contributed by atoms with Crippen LogP contribution in [0, 0.1) is 13.8 Å². The third kappa shape index (κ3) is 3.89. The van der Waals surface area contributed by atoms with E-state index in [1.54, 1.807) is 26.0 Å². The molecule has 0 aromatic heterocycles. The highest BCUT2D eigenvalue weighted by Gasteiger charge is 2.59. The van der Waals surface area contributed by atoms with Crippen molar-refractivity contribution >= 4 is 21.4 Å². The molecule has 1 aliphatic heterocycles. The van der Waals surface area contributed by atoms with Gasteiger partial charge in [0.25, 0.3) is 5.72 Å². The maximum absolute atomic E-state index is 13.5. The molecule has 1 unspecified atom stereocenters. The second kappa shape index (κ2) is 7.28. The van der Waals surface area contributed by atoms with Gasteiger partial charge in [-0.3, -0.25) is 0 Å². The number of amidine groups is 1. The van der Waals surface area contributed by atoms with Gasteiger partial charge in [-0.2, -0.15) is 13.2 Å². The van der Waals surface area contributed by atoms with Gasteiger partial charge in [-0.15, -0.1) is 0 Å². The van der Waals surface area contributed by atoms with Crippen molar-refractivity contribution in [2.24, 2.45) is 4.99 Å². The number of anilines is 1. The van der Waals surface area contributed by atoms with Crippen molar-refractivity contribution in [3.8, 4) is 5.75 Å². The Bertz CT molecular complexity index is 1090. The summed E-state index contributed by atoms with van der Waals surface area (Å²) in [5.41, 5.74) is -1.23. The summed E-state index contributed by atoms with van der Waals surface area (Å²) in [7, 11) is -1.97. The summed E-state index contributed by atoms with van der Waals surface area (Å²) in [6.07, 6.45) is -3.96. The number of aryl methyl sites for hydroxylation is 2. The van der Waals surface area contributed by atoms with Crippen LogP contribution in [-0.2, 0) is 9.84 Å². The van der Waals surface area contributed by atoms with Crippen LogP contribution in [0.15, 0.2) is 46.3 Å². The maximum Gasteiger partial charge on any atom is 0.440 e. The zero-order chi connectivity index (χ0) is 22.5. The molecule has 0 radical (unpaired) electrons. The predicted octanol–water partition coefficient (Wildman–Crippen LogP) is 3.23. The highest BCUT2D eigenvalue weighted by atomic mass is 32.2. The van der Waals surface area contributed by atoms with Crippen LogP contribution >= 0.6 is 0 Å². The summed E-state index contributed by atoms with van der Waals surface area (Å²) in [6.45, 7) is 2.70. The van der Waals surface area contributed by atoms with E-state index in [0.29, 0.717) is 22.6 Å². The zero-order valence-corrected chi connectivity index (χ0v) is 17.6. The number of alkyl halides is 3. The maximum atomic E-state index is 13.5. The van der Waals surface area contributed by atoms with E-state index in [9.17, 15) is 26.7 Å². The van der Waals surface area contributed by atoms with Crippen molar-refractivity contribution in [1.29, 1.82) is 0 Å². The van der Waals surface area contributed by atoms with Crippen LogP contribution in [-0.4, -0.2) is 51.2 Å². The van der Waals surface area contributed by atoms with Gasteiger partial charge in [0.2, 0.25) is 0 Å². The molecule has 0 bridgehead atoms. The van der Waals surface area contributed by atoms with Crippen LogP contribution in [0.3, 0.4) is 0 Å². The second-order valence-electron chi connectivity index (χ2n) is 7.25. The molecule has 1 aliphatic rings. The molecule has 1 heterocycles. The van der Waals surface area contributed by atoms with Crippen molar-refractivity contribution in [2.45, 2.75) is 30.6 Å². The standard InChI is InChI=1S/C20H21F3N2O4S/c1-12-9-15(10-13(2)17(12)29-3)25-11-19(26,20(21,22)23)24-18(25)14-5-7-16(8-6-14)30(4,27)28/h5-10,26H,11H2,1-4H3. The lowest BCUT2D eigenvalue weighted by atomic mass is 10.1. The van der Waals surface area contributed by atoms with E-state index in [2.05, 4.69) is 4.99 Å². The Hall–Kier alpha value is -2.59. The third-order valence-corrected chi connectivity index (χ3v) is 6.01. The minimum absolute atomic E-state index is 0.0265. The second-order valence-corrected chi connectivity index (χ2v) is 9.26. The normalized spacial score (nSPS) is 19.7. The van der Waals surface area contributed by atoms with Crippen LogP contribution in [0.25, 0.3) is 0 Å². The Morgan fingerprint density at radius 3 is 2.10 bits per heavy atom. The fraction of sp³-hybridized carbons (Fsp3) is 0.350. The SMILES string of the molecule is COc1c(C)cc(N2CC(O)(C(F)(F)F)N=C2c2ccc(S(C)(=O)=O)cc2)cc1C. The molecule has 162 valence electrons. The topological polar surface area (TPSA) is 79.2 Å². The van der Waals surface area contributed by atoms with Gasteiger partial charge in [0.1, 0.15) is 11.6 Å². The molecule has 0 saturated carbocycles. The van der Waals surface area contributed by atoms with Crippen molar-refractivity contribution in [1.82, 2.24) is 0 Å². The molecule has 30 heavy (non-hydrogen) atoms. The van der Waals surface area contributed by atoms with Gasteiger partial charge in [-0.25, -0.2) is 13.4 Å². The summed E-state index contributed by atoms with van der Waals surface area (Å²) in [4.78, 5) is 4.90. The van der Waals surface area contributed by atoms with Gasteiger partial charge < -0.3 is 14.7 Å². The smallest absolute Gasteiger partial charge is 0.440 e. The number of ether oxygens (including phenoxy) is 1. The van der Waals surface area contributed by atoms with Crippen LogP contribution in [0.5, 0.6) is 5.75 Å². The first-order chi connectivity index (χ1) is 13.8. The fourth-order valence-corrected chi connectivity index (χ4v) is 4.04. The van der Waals surface area contributed by atoms with E-state index < -0.39 is 28.3 Å². The largest absolute Gasteiger partial charge is 0.496 e. The first-order valence-corrected chi connectivity index (χ1v) is 10.8. The van der Waals surface area contributed by atoms with Crippen LogP contribution in [0.2, 0.25) is 0 Å². The lowest BCUT2D eigenvalue weighted by molar-refractivity contribution is -0.249. The number of rotatable bonds is 4. The van der Waals surface area contributed by atoms with Crippen molar-refractivity contribution in [3.63, 3.8) is 0 Å². The number of hydrogen-bond acceptors (Lipinski definition) is 6. The highest BCUT2D eigenvalue weighted by molar-refractivity contribution is 7.90. The Morgan fingerprint density at radius 1 is 1.13 bits per heavy atom. The first-order valence-electron chi connectivity index (χ1n) is 8.89. The summed E-state index contributed by atoms with van der Waals surface area (Å²) in [5.74, 6) is 0.499. The molecule has 6 nitrogen and oxygen atoms in total. The summed E-state index contributed by atoms with van der Waals surface area (Å²) in [5, 5.41) is 10.2. The monoisotopic (exact) mass is 442 g/mol. The van der Waals surface area contributed by atoms with Crippen LogP contribution < -0.4 is 9.64 Å². The minimum Gasteiger partial charge on any atom is -0.496 e. The quantitative estimate of drug-likeness (QED) is 0.787. The molecule has 0 saturated heterocycles. The van der Waals surface area contributed by atoms with Crippen molar-refractivity contribution in [3.05, 3.63) is 53.1 Å². The van der Waals surface area contributed by atoms with E-state index >= 15 is 0 Å². The molecule has 2 aromatic rings. The van der Waals surface area contributed by atoms with E-state index in [-0.39, 0.29) is 16.3 Å². The van der Waals surface area contributed by atoms with Gasteiger partial charge in [0, 0.05) is 17.5 Å².